The van der Waals surface area contributed by atoms with Crippen molar-refractivity contribution in [3.63, 3.8) is 0 Å². The number of aliphatic hydroxyl groups is 1. The van der Waals surface area contributed by atoms with Crippen LogP contribution in [0.15, 0.2) is 0 Å². The van der Waals surface area contributed by atoms with Crippen LogP contribution in [0.3, 0.4) is 0 Å². The first-order valence-electron chi connectivity index (χ1n) is 4.79. The van der Waals surface area contributed by atoms with Crippen molar-refractivity contribution in [2.45, 2.75) is 32.4 Å². The highest BCUT2D eigenvalue weighted by atomic mass is 16.3. The van der Waals surface area contributed by atoms with Gasteiger partial charge in [-0.3, -0.25) is 4.79 Å². The van der Waals surface area contributed by atoms with E-state index in [2.05, 4.69) is 17.6 Å². The second kappa shape index (κ2) is 4.58. The molecule has 1 rings (SSSR count). The van der Waals surface area contributed by atoms with Gasteiger partial charge in [0.2, 0.25) is 5.91 Å². The van der Waals surface area contributed by atoms with Crippen LogP contribution in [-0.4, -0.2) is 36.2 Å². The Balaban J connectivity index is 2.38. The molecule has 0 saturated carbocycles. The van der Waals surface area contributed by atoms with Gasteiger partial charge >= 0.3 is 0 Å². The molecule has 3 unspecified atom stereocenters. The van der Waals surface area contributed by atoms with Crippen molar-refractivity contribution in [3.8, 4) is 0 Å². The Morgan fingerprint density at radius 2 is 2.46 bits per heavy atom. The van der Waals surface area contributed by atoms with Crippen LogP contribution in [-0.2, 0) is 4.79 Å². The molecule has 1 aliphatic heterocycles. The number of carbonyl (C=O) groups excluding carboxylic acids is 1. The molecule has 4 heteroatoms. The van der Waals surface area contributed by atoms with Crippen molar-refractivity contribution in [3.05, 3.63) is 0 Å². The van der Waals surface area contributed by atoms with Gasteiger partial charge in [0.25, 0.3) is 0 Å². The van der Waals surface area contributed by atoms with Crippen molar-refractivity contribution >= 4 is 5.91 Å². The zero-order chi connectivity index (χ0) is 9.84. The molecule has 0 radical (unpaired) electrons. The number of amides is 1. The van der Waals surface area contributed by atoms with Crippen LogP contribution in [0, 0.1) is 5.92 Å². The normalized spacial score (nSPS) is 30.1. The molecule has 13 heavy (non-hydrogen) atoms. The van der Waals surface area contributed by atoms with E-state index in [0.717, 1.165) is 13.0 Å². The molecule has 1 fully saturated rings. The van der Waals surface area contributed by atoms with Crippen LogP contribution in [0.5, 0.6) is 0 Å². The summed E-state index contributed by atoms with van der Waals surface area (Å²) in [6.07, 6.45) is 1.05. The van der Waals surface area contributed by atoms with Gasteiger partial charge in [0.15, 0.2) is 0 Å². The van der Waals surface area contributed by atoms with E-state index in [1.165, 1.54) is 0 Å². The highest BCUT2D eigenvalue weighted by Gasteiger charge is 2.29. The van der Waals surface area contributed by atoms with Crippen LogP contribution in [0.2, 0.25) is 0 Å². The van der Waals surface area contributed by atoms with E-state index in [0.29, 0.717) is 5.92 Å². The second-order valence-electron chi connectivity index (χ2n) is 3.79. The molecule has 0 spiro atoms. The van der Waals surface area contributed by atoms with E-state index in [1.807, 2.05) is 0 Å². The quantitative estimate of drug-likeness (QED) is 0.556. The number of hydrogen-bond acceptors (Lipinski definition) is 3. The Bertz CT molecular complexity index is 184. The lowest BCUT2D eigenvalue weighted by molar-refractivity contribution is -0.124. The molecule has 76 valence electrons. The third-order valence-electron chi connectivity index (χ3n) is 2.48. The molecule has 3 N–H and O–H groups in total. The maximum Gasteiger partial charge on any atom is 0.237 e. The number of nitrogens with one attached hydrogen (secondary N) is 2. The average Bonchev–Trinajstić information content (AvgIpc) is 2.51. The Morgan fingerprint density at radius 1 is 1.77 bits per heavy atom. The Hall–Kier alpha value is -0.610. The van der Waals surface area contributed by atoms with Gasteiger partial charge in [-0.15, -0.1) is 0 Å². The Kier molecular flexibility index (Phi) is 3.69. The van der Waals surface area contributed by atoms with Gasteiger partial charge in [0.05, 0.1) is 12.6 Å². The van der Waals surface area contributed by atoms with Crippen LogP contribution >= 0.6 is 0 Å². The van der Waals surface area contributed by atoms with Gasteiger partial charge in [-0.2, -0.15) is 0 Å². The summed E-state index contributed by atoms with van der Waals surface area (Å²) in [4.78, 5) is 11.5. The monoisotopic (exact) mass is 186 g/mol. The van der Waals surface area contributed by atoms with Crippen LogP contribution in [0.4, 0.5) is 0 Å². The summed E-state index contributed by atoms with van der Waals surface area (Å²) in [6.45, 7) is 4.75. The van der Waals surface area contributed by atoms with Gasteiger partial charge in [-0.05, 0) is 25.8 Å². The first kappa shape index (κ1) is 10.5. The third-order valence-corrected chi connectivity index (χ3v) is 2.48. The number of rotatable bonds is 3. The molecule has 0 aliphatic carbocycles. The Morgan fingerprint density at radius 3 is 2.92 bits per heavy atom. The van der Waals surface area contributed by atoms with Gasteiger partial charge in [0.1, 0.15) is 0 Å². The summed E-state index contributed by atoms with van der Waals surface area (Å²) in [6, 6.07) is -0.226. The molecule has 0 bridgehead atoms. The van der Waals surface area contributed by atoms with Crippen molar-refractivity contribution in [1.29, 1.82) is 0 Å². The lowest BCUT2D eigenvalue weighted by atomic mass is 10.0. The molecule has 0 aromatic carbocycles. The molecule has 1 saturated heterocycles. The maximum atomic E-state index is 11.5. The second-order valence-corrected chi connectivity index (χ2v) is 3.79. The SMILES string of the molecule is CC(CO)NC(=O)C1NCCC1C. The number of aliphatic hydroxyl groups excluding tert-OH is 1. The largest absolute Gasteiger partial charge is 0.394 e. The fourth-order valence-corrected chi connectivity index (χ4v) is 1.56. The predicted molar refractivity (Wildman–Crippen MR) is 50.3 cm³/mol. The van der Waals surface area contributed by atoms with Gasteiger partial charge in [-0.25, -0.2) is 0 Å². The Labute approximate surface area is 78.7 Å². The highest BCUT2D eigenvalue weighted by molar-refractivity contribution is 5.82. The van der Waals surface area contributed by atoms with Crippen LogP contribution < -0.4 is 10.6 Å². The van der Waals surface area contributed by atoms with Gasteiger partial charge < -0.3 is 15.7 Å². The molecule has 1 heterocycles. The molecular weight excluding hydrogens is 168 g/mol. The summed E-state index contributed by atoms with van der Waals surface area (Å²) >= 11 is 0. The zero-order valence-corrected chi connectivity index (χ0v) is 8.21. The van der Waals surface area contributed by atoms with Crippen molar-refractivity contribution in [2.24, 2.45) is 5.92 Å². The smallest absolute Gasteiger partial charge is 0.237 e. The van der Waals surface area contributed by atoms with Crippen molar-refractivity contribution < 1.29 is 9.90 Å². The molecule has 1 amide bonds. The van der Waals surface area contributed by atoms with E-state index in [9.17, 15) is 4.79 Å². The summed E-state index contributed by atoms with van der Waals surface area (Å²) in [7, 11) is 0. The predicted octanol–water partition coefficient (Wildman–Crippen LogP) is -0.519. The van der Waals surface area contributed by atoms with Gasteiger partial charge in [0, 0.05) is 6.04 Å². The lowest BCUT2D eigenvalue weighted by Gasteiger charge is -2.18. The average molecular weight is 186 g/mol. The first-order valence-corrected chi connectivity index (χ1v) is 4.79. The van der Waals surface area contributed by atoms with Crippen molar-refractivity contribution in [1.82, 2.24) is 10.6 Å². The summed E-state index contributed by atoms with van der Waals surface area (Å²) in [5.41, 5.74) is 0. The highest BCUT2D eigenvalue weighted by Crippen LogP contribution is 2.14. The topological polar surface area (TPSA) is 61.4 Å². The minimum Gasteiger partial charge on any atom is -0.394 e. The summed E-state index contributed by atoms with van der Waals surface area (Å²) in [5, 5.41) is 14.6. The standard InChI is InChI=1S/C9H18N2O2/c1-6-3-4-10-8(6)9(13)11-7(2)5-12/h6-8,10,12H,3-5H2,1-2H3,(H,11,13). The molecular formula is C9H18N2O2. The molecule has 3 atom stereocenters. The van der Waals surface area contributed by atoms with E-state index in [-0.39, 0.29) is 24.6 Å². The summed E-state index contributed by atoms with van der Waals surface area (Å²) in [5.74, 6) is 0.400. The summed E-state index contributed by atoms with van der Waals surface area (Å²) < 4.78 is 0. The third kappa shape index (κ3) is 2.67. The fraction of sp³-hybridized carbons (Fsp3) is 0.889. The first-order chi connectivity index (χ1) is 6.15. The molecule has 4 nitrogen and oxygen atoms in total. The fourth-order valence-electron chi connectivity index (χ4n) is 1.56. The lowest BCUT2D eigenvalue weighted by Crippen LogP contribution is -2.47. The van der Waals surface area contributed by atoms with E-state index < -0.39 is 0 Å². The number of hydrogen-bond donors (Lipinski definition) is 3. The minimum absolute atomic E-state index is 0.00606. The molecule has 1 aliphatic rings. The molecule has 0 aromatic heterocycles. The zero-order valence-electron chi connectivity index (χ0n) is 8.21. The van der Waals surface area contributed by atoms with E-state index in [4.69, 9.17) is 5.11 Å². The minimum atomic E-state index is -0.151. The van der Waals surface area contributed by atoms with Gasteiger partial charge in [-0.1, -0.05) is 6.92 Å². The number of carbonyl (C=O) groups is 1. The van der Waals surface area contributed by atoms with Crippen LogP contribution in [0.25, 0.3) is 0 Å². The van der Waals surface area contributed by atoms with E-state index in [1.54, 1.807) is 6.92 Å². The van der Waals surface area contributed by atoms with Crippen LogP contribution in [0.1, 0.15) is 20.3 Å². The molecule has 0 aromatic rings. The maximum absolute atomic E-state index is 11.5. The van der Waals surface area contributed by atoms with Crippen molar-refractivity contribution in [2.75, 3.05) is 13.2 Å². The van der Waals surface area contributed by atoms with E-state index >= 15 is 0 Å².